The molecule has 0 radical (unpaired) electrons. The maximum Gasteiger partial charge on any atom is 0.460 e. The zero-order valence-corrected chi connectivity index (χ0v) is 16.1. The van der Waals surface area contributed by atoms with Crippen LogP contribution in [0.15, 0.2) is 0 Å². The summed E-state index contributed by atoms with van der Waals surface area (Å²) in [6.07, 6.45) is -10.4. The lowest BCUT2D eigenvalue weighted by Gasteiger charge is -2.42. The van der Waals surface area contributed by atoms with E-state index in [9.17, 15) is 79.4 Å². The fourth-order valence-corrected chi connectivity index (χ4v) is 2.60. The highest BCUT2D eigenvalue weighted by Crippen LogP contribution is 2.64. The van der Waals surface area contributed by atoms with Gasteiger partial charge in [0.25, 0.3) is 0 Å². The van der Waals surface area contributed by atoms with E-state index in [0.717, 1.165) is 7.11 Å². The molecule has 0 aliphatic carbocycles. The number of alkyl halides is 17. The van der Waals surface area contributed by atoms with Crippen LogP contribution in [0.5, 0.6) is 0 Å². The molecule has 0 aromatic heterocycles. The van der Waals surface area contributed by atoms with Gasteiger partial charge in [0.05, 0.1) is 12.9 Å². The van der Waals surface area contributed by atoms with Gasteiger partial charge >= 0.3 is 53.6 Å². The van der Waals surface area contributed by atoms with E-state index >= 15 is 0 Å². The number of hydrogen-bond acceptors (Lipinski definition) is 3. The van der Waals surface area contributed by atoms with Crippen LogP contribution in [-0.2, 0) is 9.53 Å². The van der Waals surface area contributed by atoms with Crippen molar-refractivity contribution in [2.75, 3.05) is 18.6 Å². The lowest BCUT2D eigenvalue weighted by Crippen LogP contribution is -2.74. The Balaban J connectivity index is 6.24. The molecule has 0 unspecified atom stereocenters. The Kier molecular flexibility index (Phi) is 8.64. The van der Waals surface area contributed by atoms with E-state index in [4.69, 9.17) is 0 Å². The lowest BCUT2D eigenvalue weighted by atomic mass is 9.88. The number of methoxy groups -OCH3 is 1. The van der Waals surface area contributed by atoms with Gasteiger partial charge in [-0.05, 0) is 5.75 Å². The quantitative estimate of drug-likeness (QED) is 0.171. The smallest absolute Gasteiger partial charge is 0.460 e. The van der Waals surface area contributed by atoms with Crippen LogP contribution in [0, 0.1) is 0 Å². The minimum absolute atomic E-state index is 0.0497. The molecule has 0 spiro atoms. The fourth-order valence-electron chi connectivity index (χ4n) is 1.77. The summed E-state index contributed by atoms with van der Waals surface area (Å²) in [6, 6.07) is 0. The minimum Gasteiger partial charge on any atom is -0.468 e. The number of halogens is 17. The Morgan fingerprint density at radius 2 is 0.939 bits per heavy atom. The van der Waals surface area contributed by atoms with Crippen molar-refractivity contribution in [3.63, 3.8) is 0 Å². The van der Waals surface area contributed by atoms with Gasteiger partial charge in [-0.2, -0.15) is 74.6 Å². The zero-order chi connectivity index (χ0) is 27.1. The third-order valence-corrected chi connectivity index (χ3v) is 4.73. The first-order valence-electron chi connectivity index (χ1n) is 7.56. The molecule has 0 rings (SSSR count). The van der Waals surface area contributed by atoms with Gasteiger partial charge in [0.1, 0.15) is 0 Å². The van der Waals surface area contributed by atoms with Crippen LogP contribution in [0.1, 0.15) is 6.42 Å². The number of hydrogen-bond donors (Lipinski definition) is 0. The van der Waals surface area contributed by atoms with Gasteiger partial charge in [-0.1, -0.05) is 0 Å². The molecule has 0 saturated heterocycles. The SMILES string of the molecule is COC(=O)CSCCC(F)(F)C(F)(F)C(F)(F)C(F)(F)C(F)(F)C(F)(F)C(F)(F)C(F)(F)F. The van der Waals surface area contributed by atoms with Crippen LogP contribution >= 0.6 is 11.8 Å². The Morgan fingerprint density at radius 1 is 0.606 bits per heavy atom. The molecule has 0 N–H and O–H groups in total. The molecule has 0 heterocycles. The van der Waals surface area contributed by atoms with E-state index in [0.29, 0.717) is 0 Å². The molecule has 0 saturated carbocycles. The van der Waals surface area contributed by atoms with Crippen molar-refractivity contribution >= 4 is 17.7 Å². The third-order valence-electron chi connectivity index (χ3n) is 3.80. The third kappa shape index (κ3) is 4.89. The van der Waals surface area contributed by atoms with Crippen LogP contribution in [-0.4, -0.2) is 72.2 Å². The van der Waals surface area contributed by atoms with Gasteiger partial charge in [0, 0.05) is 6.42 Å². The monoisotopic (exact) mass is 552 g/mol. The molecule has 0 aromatic rings. The molecule has 0 atom stereocenters. The first-order valence-corrected chi connectivity index (χ1v) is 8.72. The van der Waals surface area contributed by atoms with E-state index in [1.165, 1.54) is 0 Å². The summed E-state index contributed by atoms with van der Waals surface area (Å²) in [4.78, 5) is 10.7. The largest absolute Gasteiger partial charge is 0.468 e. The number of rotatable bonds is 11. The topological polar surface area (TPSA) is 26.3 Å². The van der Waals surface area contributed by atoms with Gasteiger partial charge in [-0.25, -0.2) is 0 Å². The van der Waals surface area contributed by atoms with Crippen molar-refractivity contribution in [1.82, 2.24) is 0 Å². The van der Waals surface area contributed by atoms with Crippen LogP contribution in [0.2, 0.25) is 0 Å². The minimum atomic E-state index is -8.64. The predicted octanol–water partition coefficient (Wildman–Crippen LogP) is 6.29. The van der Waals surface area contributed by atoms with Crippen molar-refractivity contribution < 1.29 is 84.2 Å². The second-order valence-electron chi connectivity index (χ2n) is 6.03. The molecule has 33 heavy (non-hydrogen) atoms. The number of ether oxygens (including phenoxy) is 1. The van der Waals surface area contributed by atoms with Gasteiger partial charge < -0.3 is 4.74 Å². The second-order valence-corrected chi connectivity index (χ2v) is 7.13. The van der Waals surface area contributed by atoms with E-state index < -0.39 is 71.5 Å². The zero-order valence-electron chi connectivity index (χ0n) is 15.3. The number of thioether (sulfide) groups is 1. The van der Waals surface area contributed by atoms with E-state index in [1.807, 2.05) is 0 Å². The summed E-state index contributed by atoms with van der Waals surface area (Å²) in [5.41, 5.74) is 0. The van der Waals surface area contributed by atoms with Crippen molar-refractivity contribution in [1.29, 1.82) is 0 Å². The number of esters is 1. The number of carbonyl (C=O) groups is 1. The van der Waals surface area contributed by atoms with Gasteiger partial charge in [-0.3, -0.25) is 4.79 Å². The standard InChI is InChI=1S/C13H9F17O2S/c1-32-5(31)4-33-3-2-6(14,15)7(16,17)8(18,19)9(20,21)10(22,23)11(24,25)12(26,27)13(28,29)30/h2-4H2,1H3. The van der Waals surface area contributed by atoms with Gasteiger partial charge in [0.2, 0.25) is 0 Å². The summed E-state index contributed by atoms with van der Waals surface area (Å²) in [6.45, 7) is 0. The highest BCUT2D eigenvalue weighted by Gasteiger charge is 2.95. The summed E-state index contributed by atoms with van der Waals surface area (Å²) in [7, 11) is 0.756. The fraction of sp³-hybridized carbons (Fsp3) is 0.923. The molecule has 0 aliphatic heterocycles. The maximum atomic E-state index is 13.5. The van der Waals surface area contributed by atoms with E-state index in [2.05, 4.69) is 4.74 Å². The molecule has 0 amide bonds. The molecule has 2 nitrogen and oxygen atoms in total. The summed E-state index contributed by atoms with van der Waals surface area (Å²) >= 11 is -0.0497. The van der Waals surface area contributed by atoms with E-state index in [-0.39, 0.29) is 11.8 Å². The van der Waals surface area contributed by atoms with Gasteiger partial charge in [-0.15, -0.1) is 11.8 Å². The average molecular weight is 552 g/mol. The van der Waals surface area contributed by atoms with Crippen LogP contribution in [0.3, 0.4) is 0 Å². The molecular weight excluding hydrogens is 543 g/mol. The number of carbonyl (C=O) groups excluding carboxylic acids is 1. The second kappa shape index (κ2) is 9.01. The Morgan fingerprint density at radius 3 is 1.27 bits per heavy atom. The first-order chi connectivity index (χ1) is 14.2. The molecule has 20 heteroatoms. The van der Waals surface area contributed by atoms with Crippen molar-refractivity contribution in [2.45, 2.75) is 54.1 Å². The summed E-state index contributed by atoms with van der Waals surface area (Å²) < 4.78 is 225. The van der Waals surface area contributed by atoms with Gasteiger partial charge in [0.15, 0.2) is 0 Å². The highest BCUT2D eigenvalue weighted by molar-refractivity contribution is 7.99. The molecule has 0 aliphatic rings. The maximum absolute atomic E-state index is 13.5. The Hall–Kier alpha value is -1.37. The van der Waals surface area contributed by atoms with Crippen LogP contribution in [0.25, 0.3) is 0 Å². The molecule has 198 valence electrons. The van der Waals surface area contributed by atoms with Crippen LogP contribution < -0.4 is 0 Å². The molecular formula is C13H9F17O2S. The lowest BCUT2D eigenvalue weighted by molar-refractivity contribution is -0.461. The Bertz CT molecular complexity index is 700. The summed E-state index contributed by atoms with van der Waals surface area (Å²) in [5, 5.41) is 0. The van der Waals surface area contributed by atoms with Crippen molar-refractivity contribution in [3.8, 4) is 0 Å². The average Bonchev–Trinajstić information content (AvgIpc) is 2.62. The van der Waals surface area contributed by atoms with E-state index in [1.54, 1.807) is 0 Å². The molecule has 0 bridgehead atoms. The normalized spacial score (nSPS) is 15.6. The Labute approximate surface area is 175 Å². The predicted molar refractivity (Wildman–Crippen MR) is 74.6 cm³/mol. The molecule has 0 fully saturated rings. The first kappa shape index (κ1) is 31.6. The highest BCUT2D eigenvalue weighted by atomic mass is 32.2. The van der Waals surface area contributed by atoms with Crippen molar-refractivity contribution in [2.24, 2.45) is 0 Å². The summed E-state index contributed by atoms with van der Waals surface area (Å²) in [5.74, 6) is -59.9. The van der Waals surface area contributed by atoms with Crippen LogP contribution in [0.4, 0.5) is 74.6 Å². The molecule has 0 aromatic carbocycles. The van der Waals surface area contributed by atoms with Crippen molar-refractivity contribution in [3.05, 3.63) is 0 Å².